The molecule has 3 aromatic rings. The molecular weight excluding hydrogens is 430 g/mol. The number of benzene rings is 3. The molecule has 176 valence electrons. The lowest BCUT2D eigenvalue weighted by Gasteiger charge is -2.21. The summed E-state index contributed by atoms with van der Waals surface area (Å²) in [5.74, 6) is 1.04. The molecule has 2 amide bonds. The Balaban J connectivity index is 1.38. The summed E-state index contributed by atoms with van der Waals surface area (Å²) in [7, 11) is 0. The molecule has 7 nitrogen and oxygen atoms in total. The number of carbonyl (C=O) groups excluding carboxylic acids is 2. The Morgan fingerprint density at radius 2 is 1.71 bits per heavy atom. The number of hydrogen-bond donors (Lipinski definition) is 2. The van der Waals surface area contributed by atoms with Gasteiger partial charge in [0.15, 0.2) is 11.5 Å². The number of nitrogens with zero attached hydrogens (tertiary/aromatic N) is 1. The molecule has 0 saturated heterocycles. The monoisotopic (exact) mass is 459 g/mol. The molecule has 0 aromatic heterocycles. The summed E-state index contributed by atoms with van der Waals surface area (Å²) in [6, 6.07) is 22.5. The van der Waals surface area contributed by atoms with Crippen molar-refractivity contribution < 1.29 is 19.1 Å². The van der Waals surface area contributed by atoms with Crippen molar-refractivity contribution in [1.82, 2.24) is 10.2 Å². The van der Waals surface area contributed by atoms with Crippen LogP contribution in [0, 0.1) is 0 Å². The molecule has 0 spiro atoms. The highest BCUT2D eigenvalue weighted by Gasteiger charge is 2.18. The summed E-state index contributed by atoms with van der Waals surface area (Å²) in [5, 5.41) is 5.92. The van der Waals surface area contributed by atoms with E-state index in [1.807, 2.05) is 67.3 Å². The number of ether oxygens (including phenoxy) is 2. The van der Waals surface area contributed by atoms with Gasteiger partial charge in [-0.15, -0.1) is 0 Å². The molecule has 0 bridgehead atoms. The summed E-state index contributed by atoms with van der Waals surface area (Å²) in [6.45, 7) is 5.66. The third-order valence-electron chi connectivity index (χ3n) is 5.75. The van der Waals surface area contributed by atoms with Crippen LogP contribution in [0.3, 0.4) is 0 Å². The van der Waals surface area contributed by atoms with Crippen molar-refractivity contribution in [2.75, 3.05) is 25.2 Å². The molecule has 4 rings (SSSR count). The van der Waals surface area contributed by atoms with E-state index in [0.29, 0.717) is 24.3 Å². The Morgan fingerprint density at radius 3 is 2.50 bits per heavy atom. The summed E-state index contributed by atoms with van der Waals surface area (Å²) in [6.07, 6.45) is 0. The van der Waals surface area contributed by atoms with E-state index in [2.05, 4.69) is 10.6 Å². The minimum Gasteiger partial charge on any atom is -0.454 e. The zero-order valence-electron chi connectivity index (χ0n) is 19.4. The molecule has 0 fully saturated rings. The first-order valence-corrected chi connectivity index (χ1v) is 11.4. The van der Waals surface area contributed by atoms with Crippen molar-refractivity contribution in [3.05, 3.63) is 89.5 Å². The molecule has 0 saturated carbocycles. The van der Waals surface area contributed by atoms with Crippen LogP contribution in [0.15, 0.2) is 72.8 Å². The third-order valence-corrected chi connectivity index (χ3v) is 5.75. The normalized spacial score (nSPS) is 12.9. The van der Waals surface area contributed by atoms with E-state index < -0.39 is 0 Å². The summed E-state index contributed by atoms with van der Waals surface area (Å²) >= 11 is 0. The van der Waals surface area contributed by atoms with Gasteiger partial charge in [-0.25, -0.2) is 0 Å². The number of para-hydroxylation sites is 1. The lowest BCUT2D eigenvalue weighted by Crippen LogP contribution is -2.33. The van der Waals surface area contributed by atoms with Crippen LogP contribution in [0.4, 0.5) is 5.69 Å². The highest BCUT2D eigenvalue weighted by molar-refractivity contribution is 6.04. The van der Waals surface area contributed by atoms with Crippen LogP contribution in [0.2, 0.25) is 0 Å². The van der Waals surface area contributed by atoms with Gasteiger partial charge in [0.25, 0.3) is 5.91 Å². The number of anilines is 1. The van der Waals surface area contributed by atoms with Crippen molar-refractivity contribution in [1.29, 1.82) is 0 Å². The van der Waals surface area contributed by atoms with Gasteiger partial charge >= 0.3 is 0 Å². The van der Waals surface area contributed by atoms with Crippen LogP contribution in [-0.2, 0) is 11.3 Å². The zero-order chi connectivity index (χ0) is 23.9. The second-order valence-corrected chi connectivity index (χ2v) is 8.19. The van der Waals surface area contributed by atoms with Gasteiger partial charge in [0, 0.05) is 6.54 Å². The minimum absolute atomic E-state index is 0.158. The molecule has 7 heteroatoms. The van der Waals surface area contributed by atoms with Gasteiger partial charge in [-0.3, -0.25) is 14.5 Å². The van der Waals surface area contributed by atoms with Crippen molar-refractivity contribution >= 4 is 17.5 Å². The van der Waals surface area contributed by atoms with E-state index in [4.69, 9.17) is 9.47 Å². The zero-order valence-corrected chi connectivity index (χ0v) is 19.4. The largest absolute Gasteiger partial charge is 0.454 e. The molecule has 0 aliphatic carbocycles. The van der Waals surface area contributed by atoms with Crippen molar-refractivity contribution in [3.8, 4) is 11.5 Å². The smallest absolute Gasteiger partial charge is 0.253 e. The topological polar surface area (TPSA) is 79.9 Å². The van der Waals surface area contributed by atoms with E-state index in [0.717, 1.165) is 22.6 Å². The molecule has 1 heterocycles. The average Bonchev–Trinajstić information content (AvgIpc) is 3.32. The van der Waals surface area contributed by atoms with Gasteiger partial charge in [-0.1, -0.05) is 55.5 Å². The molecule has 1 atom stereocenters. The highest BCUT2D eigenvalue weighted by Crippen LogP contribution is 2.32. The van der Waals surface area contributed by atoms with E-state index >= 15 is 0 Å². The second kappa shape index (κ2) is 10.9. The molecule has 0 radical (unpaired) electrons. The lowest BCUT2D eigenvalue weighted by molar-refractivity contribution is -0.117. The van der Waals surface area contributed by atoms with Gasteiger partial charge < -0.3 is 20.1 Å². The molecule has 1 aliphatic heterocycles. The number of fused-ring (bicyclic) bond motifs is 1. The van der Waals surface area contributed by atoms with E-state index in [-0.39, 0.29) is 31.2 Å². The first-order valence-electron chi connectivity index (χ1n) is 11.4. The van der Waals surface area contributed by atoms with Crippen LogP contribution in [0.1, 0.15) is 41.4 Å². The predicted octanol–water partition coefficient (Wildman–Crippen LogP) is 4.37. The first kappa shape index (κ1) is 23.3. The maximum atomic E-state index is 12.9. The Labute approximate surface area is 199 Å². The fourth-order valence-corrected chi connectivity index (χ4v) is 3.86. The SMILES string of the molecule is CCN(CC(=O)Nc1ccccc1C(=O)NC(C)c1ccccc1)Cc1ccc2c(c1)OCO2. The van der Waals surface area contributed by atoms with Crippen molar-refractivity contribution in [3.63, 3.8) is 0 Å². The Morgan fingerprint density at radius 1 is 0.971 bits per heavy atom. The summed E-state index contributed by atoms with van der Waals surface area (Å²) in [4.78, 5) is 27.8. The quantitative estimate of drug-likeness (QED) is 0.497. The minimum atomic E-state index is -0.236. The molecule has 1 aliphatic rings. The van der Waals surface area contributed by atoms with E-state index in [1.165, 1.54) is 0 Å². The number of rotatable bonds is 9. The summed E-state index contributed by atoms with van der Waals surface area (Å²) < 4.78 is 10.8. The number of hydrogen-bond acceptors (Lipinski definition) is 5. The fourth-order valence-electron chi connectivity index (χ4n) is 3.86. The standard InChI is InChI=1S/C27H29N3O4/c1-3-30(16-20-13-14-24-25(15-20)34-18-33-24)17-26(31)29-23-12-8-7-11-22(23)27(32)28-19(2)21-9-5-4-6-10-21/h4-15,19H,3,16-18H2,1-2H3,(H,28,32)(H,29,31). The van der Waals surface area contributed by atoms with Gasteiger partial charge in [-0.05, 0) is 48.9 Å². The van der Waals surface area contributed by atoms with E-state index in [1.54, 1.807) is 24.3 Å². The molecule has 2 N–H and O–H groups in total. The summed E-state index contributed by atoms with van der Waals surface area (Å²) in [5.41, 5.74) is 2.97. The third kappa shape index (κ3) is 5.74. The van der Waals surface area contributed by atoms with Crippen LogP contribution in [0.25, 0.3) is 0 Å². The van der Waals surface area contributed by atoms with Gasteiger partial charge in [0.05, 0.1) is 23.8 Å². The van der Waals surface area contributed by atoms with Gasteiger partial charge in [-0.2, -0.15) is 0 Å². The average molecular weight is 460 g/mol. The van der Waals surface area contributed by atoms with Gasteiger partial charge in [0.2, 0.25) is 12.7 Å². The molecule has 34 heavy (non-hydrogen) atoms. The molecule has 1 unspecified atom stereocenters. The number of likely N-dealkylation sites (N-methyl/N-ethyl adjacent to an activating group) is 1. The predicted molar refractivity (Wildman–Crippen MR) is 131 cm³/mol. The molecule has 3 aromatic carbocycles. The Hall–Kier alpha value is -3.84. The van der Waals surface area contributed by atoms with E-state index in [9.17, 15) is 9.59 Å². The first-order chi connectivity index (χ1) is 16.5. The second-order valence-electron chi connectivity index (χ2n) is 8.19. The number of nitrogens with one attached hydrogen (secondary N) is 2. The van der Waals surface area contributed by atoms with Crippen LogP contribution < -0.4 is 20.1 Å². The highest BCUT2D eigenvalue weighted by atomic mass is 16.7. The van der Waals surface area contributed by atoms with Crippen molar-refractivity contribution in [2.24, 2.45) is 0 Å². The number of carbonyl (C=O) groups is 2. The number of amides is 2. The van der Waals surface area contributed by atoms with Crippen LogP contribution in [0.5, 0.6) is 11.5 Å². The maximum Gasteiger partial charge on any atom is 0.253 e. The van der Waals surface area contributed by atoms with Crippen LogP contribution in [-0.4, -0.2) is 36.6 Å². The van der Waals surface area contributed by atoms with Crippen molar-refractivity contribution in [2.45, 2.75) is 26.4 Å². The Kier molecular flexibility index (Phi) is 7.44. The van der Waals surface area contributed by atoms with Crippen LogP contribution >= 0.6 is 0 Å². The Bertz CT molecular complexity index is 1150. The molecular formula is C27H29N3O4. The maximum absolute atomic E-state index is 12.9. The van der Waals surface area contributed by atoms with Gasteiger partial charge in [0.1, 0.15) is 0 Å². The fraction of sp³-hybridized carbons (Fsp3) is 0.259. The lowest BCUT2D eigenvalue weighted by atomic mass is 10.1.